The number of likely N-dealkylation sites (tertiary alicyclic amines) is 1. The topological polar surface area (TPSA) is 61.4 Å². The third-order valence-electron chi connectivity index (χ3n) is 8.42. The molecule has 3 aromatic rings. The average molecular weight is 550 g/mol. The molecule has 1 saturated heterocycles. The molecule has 2 aliphatic rings. The Morgan fingerprint density at radius 3 is 2.08 bits per heavy atom. The van der Waals surface area contributed by atoms with Gasteiger partial charge in [0.2, 0.25) is 5.91 Å². The van der Waals surface area contributed by atoms with E-state index in [4.69, 9.17) is 0 Å². The molecule has 40 heavy (non-hydrogen) atoms. The summed E-state index contributed by atoms with van der Waals surface area (Å²) in [6, 6.07) is 26.1. The predicted molar refractivity (Wildman–Crippen MR) is 148 cm³/mol. The van der Waals surface area contributed by atoms with Gasteiger partial charge in [-0.15, -0.1) is 0 Å². The number of carbonyl (C=O) groups is 2. The molecule has 1 aliphatic carbocycles. The fourth-order valence-electron chi connectivity index (χ4n) is 6.33. The zero-order valence-electron chi connectivity index (χ0n) is 22.3. The molecule has 2 N–H and O–H groups in total. The highest BCUT2D eigenvalue weighted by Gasteiger charge is 2.41. The number of carbonyl (C=O) groups excluding carboxylic acids is 2. The zero-order valence-corrected chi connectivity index (χ0v) is 22.3. The van der Waals surface area contributed by atoms with Gasteiger partial charge in [-0.25, -0.2) is 0 Å². The van der Waals surface area contributed by atoms with Crippen molar-refractivity contribution in [2.45, 2.75) is 55.8 Å². The maximum Gasteiger partial charge on any atom is 0.416 e. The third-order valence-corrected chi connectivity index (χ3v) is 8.42. The van der Waals surface area contributed by atoms with Crippen LogP contribution in [0.15, 0.2) is 84.9 Å². The highest BCUT2D eigenvalue weighted by Crippen LogP contribution is 2.46. The first-order valence-corrected chi connectivity index (χ1v) is 13.8. The first-order valence-electron chi connectivity index (χ1n) is 13.8. The Balaban J connectivity index is 1.12. The van der Waals surface area contributed by atoms with E-state index in [1.807, 2.05) is 0 Å². The summed E-state index contributed by atoms with van der Waals surface area (Å²) in [7, 11) is 0. The van der Waals surface area contributed by atoms with Crippen LogP contribution in [0.25, 0.3) is 0 Å². The second kappa shape index (κ2) is 11.8. The maximum atomic E-state index is 12.9. The molecule has 5 rings (SSSR count). The van der Waals surface area contributed by atoms with Crippen molar-refractivity contribution in [1.29, 1.82) is 0 Å². The summed E-state index contributed by atoms with van der Waals surface area (Å²) in [6.07, 6.45) is 0.536. The highest BCUT2D eigenvalue weighted by molar-refractivity contribution is 5.96. The number of nitrogens with one attached hydrogen (secondary N) is 2. The van der Waals surface area contributed by atoms with Crippen molar-refractivity contribution in [3.8, 4) is 0 Å². The molecule has 1 heterocycles. The molecule has 5 nitrogen and oxygen atoms in total. The normalized spacial score (nSPS) is 19.7. The van der Waals surface area contributed by atoms with E-state index in [0.717, 1.165) is 57.3 Å². The van der Waals surface area contributed by atoms with Crippen molar-refractivity contribution in [2.24, 2.45) is 0 Å². The van der Waals surface area contributed by atoms with Gasteiger partial charge in [-0.3, -0.25) is 14.5 Å². The van der Waals surface area contributed by atoms with Crippen molar-refractivity contribution in [1.82, 2.24) is 15.5 Å². The highest BCUT2D eigenvalue weighted by atomic mass is 19.4. The maximum absolute atomic E-state index is 12.9. The summed E-state index contributed by atoms with van der Waals surface area (Å²) in [4.78, 5) is 27.3. The fourth-order valence-corrected chi connectivity index (χ4v) is 6.33. The molecule has 2 amide bonds. The molecule has 0 bridgehead atoms. The summed E-state index contributed by atoms with van der Waals surface area (Å²) < 4.78 is 38.8. The Morgan fingerprint density at radius 1 is 0.850 bits per heavy atom. The monoisotopic (exact) mass is 549 g/mol. The van der Waals surface area contributed by atoms with E-state index in [2.05, 4.69) is 76.2 Å². The fraction of sp³-hybridized carbons (Fsp3) is 0.375. The lowest BCUT2D eigenvalue weighted by atomic mass is 9.64. The molecule has 3 aromatic carbocycles. The van der Waals surface area contributed by atoms with Crippen molar-refractivity contribution in [2.75, 3.05) is 19.6 Å². The Kier molecular flexibility index (Phi) is 8.26. The zero-order chi connectivity index (χ0) is 28.2. The number of benzene rings is 3. The average Bonchev–Trinajstić information content (AvgIpc) is 3.45. The van der Waals surface area contributed by atoms with Crippen LogP contribution < -0.4 is 10.6 Å². The standard InChI is InChI=1S/C32H34F3N3O2/c33-32(34,35)26-13-7-8-23(20-26)30(40)36-21-29(39)37-27-16-19-38(22-27)28-14-17-31(18-15-28,24-9-3-1-4-10-24)25-11-5-2-6-12-25/h1-13,20,27-28H,14-19,21-22H2,(H,36,40)(H,37,39)/t27-/m1/s1. The SMILES string of the molecule is O=C(CNC(=O)c1cccc(C(F)(F)F)c1)N[C@@H]1CCN(C2CCC(c3ccccc3)(c3ccccc3)CC2)C1. The van der Waals surface area contributed by atoms with E-state index >= 15 is 0 Å². The van der Waals surface area contributed by atoms with Gasteiger partial charge in [0, 0.05) is 36.2 Å². The molecule has 0 unspecified atom stereocenters. The number of rotatable bonds is 7. The lowest BCUT2D eigenvalue weighted by Crippen LogP contribution is -2.45. The minimum Gasteiger partial charge on any atom is -0.350 e. The van der Waals surface area contributed by atoms with Gasteiger partial charge in [-0.05, 0) is 61.4 Å². The summed E-state index contributed by atoms with van der Waals surface area (Å²) in [5.41, 5.74) is 1.69. The molecule has 1 saturated carbocycles. The quantitative estimate of drug-likeness (QED) is 0.406. The number of nitrogens with zero attached hydrogens (tertiary/aromatic N) is 1. The number of amides is 2. The number of alkyl halides is 3. The van der Waals surface area contributed by atoms with Crippen LogP contribution in [0.2, 0.25) is 0 Å². The van der Waals surface area contributed by atoms with Gasteiger partial charge >= 0.3 is 6.18 Å². The second-order valence-electron chi connectivity index (χ2n) is 10.9. The lowest BCUT2D eigenvalue weighted by Gasteiger charge is -2.43. The van der Waals surface area contributed by atoms with Gasteiger partial charge in [-0.2, -0.15) is 13.2 Å². The van der Waals surface area contributed by atoms with Crippen LogP contribution in [-0.2, 0) is 16.4 Å². The van der Waals surface area contributed by atoms with Crippen LogP contribution >= 0.6 is 0 Å². The third kappa shape index (κ3) is 6.22. The number of halogens is 3. The predicted octanol–water partition coefficient (Wildman–Crippen LogP) is 5.55. The van der Waals surface area contributed by atoms with Crippen molar-refractivity contribution in [3.63, 3.8) is 0 Å². The lowest BCUT2D eigenvalue weighted by molar-refractivity contribution is -0.137. The molecule has 1 aliphatic heterocycles. The van der Waals surface area contributed by atoms with Gasteiger partial charge in [0.25, 0.3) is 5.91 Å². The summed E-state index contributed by atoms with van der Waals surface area (Å²) in [5, 5.41) is 5.42. The van der Waals surface area contributed by atoms with Crippen LogP contribution in [0.5, 0.6) is 0 Å². The van der Waals surface area contributed by atoms with E-state index in [1.54, 1.807) is 0 Å². The molecule has 0 radical (unpaired) electrons. The molecule has 0 aromatic heterocycles. The molecule has 2 fully saturated rings. The number of hydrogen-bond donors (Lipinski definition) is 2. The molecule has 0 spiro atoms. The second-order valence-corrected chi connectivity index (χ2v) is 10.9. The van der Waals surface area contributed by atoms with Crippen molar-refractivity contribution in [3.05, 3.63) is 107 Å². The van der Waals surface area contributed by atoms with Crippen LogP contribution in [0.3, 0.4) is 0 Å². The first-order chi connectivity index (χ1) is 19.2. The largest absolute Gasteiger partial charge is 0.416 e. The van der Waals surface area contributed by atoms with Crippen LogP contribution in [0.1, 0.15) is 59.2 Å². The molecule has 8 heteroatoms. The number of hydrogen-bond acceptors (Lipinski definition) is 3. The Bertz CT molecular complexity index is 1260. The van der Waals surface area contributed by atoms with Gasteiger partial charge in [0.15, 0.2) is 0 Å². The molecule has 1 atom stereocenters. The van der Waals surface area contributed by atoms with Crippen molar-refractivity contribution >= 4 is 11.8 Å². The first kappa shape index (κ1) is 27.9. The van der Waals surface area contributed by atoms with Crippen LogP contribution in [0.4, 0.5) is 13.2 Å². The minimum absolute atomic E-state index is 0.00415. The Hall–Kier alpha value is -3.65. The van der Waals surface area contributed by atoms with E-state index in [-0.39, 0.29) is 29.5 Å². The molecule has 210 valence electrons. The van der Waals surface area contributed by atoms with E-state index in [1.165, 1.54) is 23.3 Å². The molecular formula is C32H34F3N3O2. The smallest absolute Gasteiger partial charge is 0.350 e. The summed E-state index contributed by atoms with van der Waals surface area (Å²) in [5.74, 6) is -1.06. The summed E-state index contributed by atoms with van der Waals surface area (Å²) in [6.45, 7) is 1.36. The van der Waals surface area contributed by atoms with Crippen LogP contribution in [0, 0.1) is 0 Å². The van der Waals surface area contributed by atoms with Gasteiger partial charge in [0.05, 0.1) is 12.1 Å². The van der Waals surface area contributed by atoms with E-state index in [0.29, 0.717) is 6.04 Å². The van der Waals surface area contributed by atoms with E-state index < -0.39 is 17.6 Å². The Labute approximate surface area is 232 Å². The Morgan fingerprint density at radius 2 is 1.48 bits per heavy atom. The van der Waals surface area contributed by atoms with Gasteiger partial charge in [-0.1, -0.05) is 66.7 Å². The summed E-state index contributed by atoms with van der Waals surface area (Å²) >= 11 is 0. The minimum atomic E-state index is -4.54. The van der Waals surface area contributed by atoms with Crippen molar-refractivity contribution < 1.29 is 22.8 Å². The van der Waals surface area contributed by atoms with E-state index in [9.17, 15) is 22.8 Å². The van der Waals surface area contributed by atoms with Gasteiger partial charge in [0.1, 0.15) is 0 Å². The van der Waals surface area contributed by atoms with Crippen LogP contribution in [-0.4, -0.2) is 48.4 Å². The molecular weight excluding hydrogens is 515 g/mol. The van der Waals surface area contributed by atoms with Gasteiger partial charge < -0.3 is 10.6 Å².